The molecule has 0 spiro atoms. The first-order valence-corrected chi connectivity index (χ1v) is 5.97. The predicted octanol–water partition coefficient (Wildman–Crippen LogP) is 2.52. The number of nitrogens with zero attached hydrogens (tertiary/aromatic N) is 1. The number of nitrogens with two attached hydrogens (primary N) is 1. The molecule has 2 rings (SSSR count). The number of halogens is 2. The molecule has 0 bridgehead atoms. The van der Waals surface area contributed by atoms with Gasteiger partial charge in [-0.15, -0.1) is 0 Å². The van der Waals surface area contributed by atoms with Crippen molar-refractivity contribution in [1.29, 1.82) is 0 Å². The third kappa shape index (κ3) is 2.81. The number of rotatable bonds is 4. The van der Waals surface area contributed by atoms with Crippen molar-refractivity contribution in [2.24, 2.45) is 5.73 Å². The van der Waals surface area contributed by atoms with Gasteiger partial charge >= 0.3 is 5.69 Å². The third-order valence-corrected chi connectivity index (χ3v) is 3.33. The molecule has 0 unspecified atom stereocenters. The molecule has 1 aliphatic carbocycles. The Morgan fingerprint density at radius 3 is 2.58 bits per heavy atom. The second-order valence-electron chi connectivity index (χ2n) is 4.82. The maximum atomic E-state index is 13.6. The first-order valence-electron chi connectivity index (χ1n) is 5.97. The molecule has 0 saturated heterocycles. The van der Waals surface area contributed by atoms with E-state index >= 15 is 0 Å². The average molecular weight is 272 g/mol. The van der Waals surface area contributed by atoms with Crippen LogP contribution in [0.2, 0.25) is 0 Å². The summed E-state index contributed by atoms with van der Waals surface area (Å²) in [6.07, 6.45) is 3.29. The van der Waals surface area contributed by atoms with Gasteiger partial charge in [0.05, 0.1) is 10.5 Å². The van der Waals surface area contributed by atoms with E-state index in [1.54, 1.807) is 0 Å². The summed E-state index contributed by atoms with van der Waals surface area (Å²) in [5, 5.41) is 10.8. The molecular formula is C12H14F2N2O3. The Morgan fingerprint density at radius 1 is 1.37 bits per heavy atom. The number of hydrogen-bond donors (Lipinski definition) is 1. The highest BCUT2D eigenvalue weighted by Gasteiger charge is 2.32. The van der Waals surface area contributed by atoms with Crippen molar-refractivity contribution in [2.45, 2.75) is 31.2 Å². The molecule has 1 aromatic rings. The van der Waals surface area contributed by atoms with Crippen LogP contribution in [0, 0.1) is 21.7 Å². The minimum Gasteiger partial charge on any atom is -0.483 e. The lowest BCUT2D eigenvalue weighted by atomic mass is 10.0. The second kappa shape index (κ2) is 5.08. The number of benzene rings is 1. The minimum atomic E-state index is -1.35. The van der Waals surface area contributed by atoms with Crippen LogP contribution in [0.1, 0.15) is 25.7 Å². The van der Waals surface area contributed by atoms with Crippen LogP contribution in [0.25, 0.3) is 0 Å². The fraction of sp³-hybridized carbons (Fsp3) is 0.500. The monoisotopic (exact) mass is 272 g/mol. The Labute approximate surface area is 108 Å². The highest BCUT2D eigenvalue weighted by molar-refractivity contribution is 5.47. The molecule has 2 N–H and O–H groups in total. The van der Waals surface area contributed by atoms with Crippen LogP contribution in [0.4, 0.5) is 14.5 Å². The molecule has 7 heteroatoms. The second-order valence-corrected chi connectivity index (χ2v) is 4.82. The highest BCUT2D eigenvalue weighted by Crippen LogP contribution is 2.34. The molecule has 1 aromatic carbocycles. The van der Waals surface area contributed by atoms with Crippen LogP contribution in [0.5, 0.6) is 5.75 Å². The Bertz CT molecular complexity index is 502. The standard InChI is InChI=1S/C12H14F2N2O3/c13-8-3-4-9(16(17)18)11(10(8)14)19-7-12(15)5-1-2-6-12/h3-4H,1-2,5-7,15H2. The number of hydrogen-bond acceptors (Lipinski definition) is 4. The topological polar surface area (TPSA) is 78.4 Å². The molecule has 104 valence electrons. The molecular weight excluding hydrogens is 258 g/mol. The Morgan fingerprint density at radius 2 is 2.00 bits per heavy atom. The number of ether oxygens (including phenoxy) is 1. The normalized spacial score (nSPS) is 17.4. The smallest absolute Gasteiger partial charge is 0.314 e. The molecule has 0 radical (unpaired) electrons. The van der Waals surface area contributed by atoms with Gasteiger partial charge in [0.1, 0.15) is 6.61 Å². The third-order valence-electron chi connectivity index (χ3n) is 3.33. The van der Waals surface area contributed by atoms with E-state index < -0.39 is 33.5 Å². The van der Waals surface area contributed by atoms with Crippen LogP contribution in [-0.2, 0) is 0 Å². The van der Waals surface area contributed by atoms with E-state index in [4.69, 9.17) is 10.5 Å². The molecule has 19 heavy (non-hydrogen) atoms. The largest absolute Gasteiger partial charge is 0.483 e. The van der Waals surface area contributed by atoms with Crippen molar-refractivity contribution < 1.29 is 18.4 Å². The molecule has 0 atom stereocenters. The van der Waals surface area contributed by atoms with E-state index in [1.807, 2.05) is 0 Å². The van der Waals surface area contributed by atoms with Gasteiger partial charge in [0.2, 0.25) is 11.6 Å². The molecule has 0 aliphatic heterocycles. The van der Waals surface area contributed by atoms with Crippen LogP contribution in [-0.4, -0.2) is 17.1 Å². The first-order chi connectivity index (χ1) is 8.93. The summed E-state index contributed by atoms with van der Waals surface area (Å²) in [4.78, 5) is 9.96. The van der Waals surface area contributed by atoms with Gasteiger partial charge in [-0.2, -0.15) is 4.39 Å². The molecule has 1 saturated carbocycles. The average Bonchev–Trinajstić information content (AvgIpc) is 2.78. The van der Waals surface area contributed by atoms with Crippen LogP contribution in [0.15, 0.2) is 12.1 Å². The highest BCUT2D eigenvalue weighted by atomic mass is 19.2. The predicted molar refractivity (Wildman–Crippen MR) is 63.9 cm³/mol. The van der Waals surface area contributed by atoms with E-state index in [9.17, 15) is 18.9 Å². The summed E-state index contributed by atoms with van der Waals surface area (Å²) in [5.41, 5.74) is 4.79. The molecule has 1 fully saturated rings. The van der Waals surface area contributed by atoms with Gasteiger partial charge in [-0.05, 0) is 18.9 Å². The SMILES string of the molecule is NC1(COc2c([N+](=O)[O-])ccc(F)c2F)CCCC1. The Kier molecular flexibility index (Phi) is 3.66. The maximum absolute atomic E-state index is 13.6. The summed E-state index contributed by atoms with van der Waals surface area (Å²) in [7, 11) is 0. The summed E-state index contributed by atoms with van der Waals surface area (Å²) in [5.74, 6) is -3.21. The van der Waals surface area contributed by atoms with E-state index in [2.05, 4.69) is 0 Å². The maximum Gasteiger partial charge on any atom is 0.314 e. The van der Waals surface area contributed by atoms with E-state index in [-0.39, 0.29) is 6.61 Å². The van der Waals surface area contributed by atoms with Gasteiger partial charge in [-0.3, -0.25) is 10.1 Å². The van der Waals surface area contributed by atoms with Crippen molar-refractivity contribution in [3.05, 3.63) is 33.9 Å². The van der Waals surface area contributed by atoms with E-state index in [0.717, 1.165) is 18.9 Å². The first kappa shape index (κ1) is 13.7. The van der Waals surface area contributed by atoms with Gasteiger partial charge in [-0.25, -0.2) is 4.39 Å². The summed E-state index contributed by atoms with van der Waals surface area (Å²) >= 11 is 0. The molecule has 0 aromatic heterocycles. The Hall–Kier alpha value is -1.76. The Balaban J connectivity index is 2.23. The quantitative estimate of drug-likeness (QED) is 0.674. The summed E-state index contributed by atoms with van der Waals surface area (Å²) < 4.78 is 31.8. The van der Waals surface area contributed by atoms with Crippen molar-refractivity contribution >= 4 is 5.69 Å². The van der Waals surface area contributed by atoms with E-state index in [1.165, 1.54) is 0 Å². The fourth-order valence-corrected chi connectivity index (χ4v) is 2.24. The molecule has 1 aliphatic rings. The molecule has 0 heterocycles. The van der Waals surface area contributed by atoms with Crippen LogP contribution < -0.4 is 10.5 Å². The van der Waals surface area contributed by atoms with Crippen molar-refractivity contribution in [3.63, 3.8) is 0 Å². The summed E-state index contributed by atoms with van der Waals surface area (Å²) in [6.45, 7) is -0.0613. The van der Waals surface area contributed by atoms with Crippen LogP contribution in [0.3, 0.4) is 0 Å². The number of nitro benzene ring substituents is 1. The minimum absolute atomic E-state index is 0.0613. The lowest BCUT2D eigenvalue weighted by Gasteiger charge is -2.23. The fourth-order valence-electron chi connectivity index (χ4n) is 2.24. The van der Waals surface area contributed by atoms with Crippen molar-refractivity contribution in [3.8, 4) is 5.75 Å². The molecule has 5 nitrogen and oxygen atoms in total. The van der Waals surface area contributed by atoms with Crippen LogP contribution >= 0.6 is 0 Å². The lowest BCUT2D eigenvalue weighted by molar-refractivity contribution is -0.386. The van der Waals surface area contributed by atoms with E-state index in [0.29, 0.717) is 18.9 Å². The molecule has 0 amide bonds. The lowest BCUT2D eigenvalue weighted by Crippen LogP contribution is -2.42. The zero-order valence-electron chi connectivity index (χ0n) is 10.2. The zero-order chi connectivity index (χ0) is 14.0. The van der Waals surface area contributed by atoms with Gasteiger partial charge in [0, 0.05) is 6.07 Å². The summed E-state index contributed by atoms with van der Waals surface area (Å²) in [6, 6.07) is 1.58. The van der Waals surface area contributed by atoms with Crippen molar-refractivity contribution in [2.75, 3.05) is 6.61 Å². The van der Waals surface area contributed by atoms with Gasteiger partial charge in [-0.1, -0.05) is 12.8 Å². The van der Waals surface area contributed by atoms with Crippen molar-refractivity contribution in [1.82, 2.24) is 0 Å². The zero-order valence-corrected chi connectivity index (χ0v) is 10.2. The number of nitro groups is 1. The van der Waals surface area contributed by atoms with Gasteiger partial charge in [0.25, 0.3) is 0 Å². The van der Waals surface area contributed by atoms with Gasteiger partial charge in [0.15, 0.2) is 5.82 Å². The van der Waals surface area contributed by atoms with Gasteiger partial charge < -0.3 is 10.5 Å².